The average molecular weight is 386 g/mol. The van der Waals surface area contributed by atoms with Crippen molar-refractivity contribution in [1.29, 1.82) is 0 Å². The van der Waals surface area contributed by atoms with E-state index in [1.54, 1.807) is 17.1 Å². The Kier molecular flexibility index (Phi) is 6.30. The highest BCUT2D eigenvalue weighted by atomic mass is 35.5. The van der Waals surface area contributed by atoms with E-state index in [9.17, 15) is 8.42 Å². The van der Waals surface area contributed by atoms with E-state index in [-0.39, 0.29) is 11.8 Å². The Morgan fingerprint density at radius 3 is 2.80 bits per heavy atom. The molecule has 1 aliphatic heterocycles. The normalized spacial score (nSPS) is 20.7. The summed E-state index contributed by atoms with van der Waals surface area (Å²) in [6.07, 6.45) is 4.14. The largest absolute Gasteiger partial charge is 0.493 e. The number of thiol groups is 1. The number of benzene rings is 1. The third-order valence-corrected chi connectivity index (χ3v) is 4.87. The Bertz CT molecular complexity index is 755. The molecule has 1 N–H and O–H groups in total. The average Bonchev–Trinajstić information content (AvgIpc) is 3.05. The fourth-order valence-electron chi connectivity index (χ4n) is 2.83. The van der Waals surface area contributed by atoms with Crippen LogP contribution in [-0.2, 0) is 15.6 Å². The number of ether oxygens (including phenoxy) is 2. The van der Waals surface area contributed by atoms with Gasteiger partial charge in [0.2, 0.25) is 10.9 Å². The minimum Gasteiger partial charge on any atom is -0.493 e. The minimum absolute atomic E-state index is 0.154. The summed E-state index contributed by atoms with van der Waals surface area (Å²) in [5.74, 6) is 1.11. The molecule has 1 saturated heterocycles. The van der Waals surface area contributed by atoms with Crippen molar-refractivity contribution in [3.63, 3.8) is 0 Å². The van der Waals surface area contributed by atoms with Crippen LogP contribution in [0.25, 0.3) is 5.69 Å². The molecule has 0 saturated carbocycles. The zero-order valence-electron chi connectivity index (χ0n) is 13.5. The second-order valence-electron chi connectivity index (χ2n) is 5.91. The monoisotopic (exact) mass is 385 g/mol. The highest BCUT2D eigenvalue weighted by molar-refractivity contribution is 7.70. The Balaban J connectivity index is 1.56. The standard InChI is InChI=1S/C16H20ClN3O4S/c17-14-8-18-20(9-14)15-1-3-16(4-2-15)24-11-13-10-23-6-5-12(13)7-19-25(21)22/h1-4,8-9,12-13,25H,5-7,10-11H2,(H,19,21,22)/t12-,13-/m1/s1. The van der Waals surface area contributed by atoms with Gasteiger partial charge in [0.1, 0.15) is 5.75 Å². The van der Waals surface area contributed by atoms with Crippen molar-refractivity contribution in [2.75, 3.05) is 26.4 Å². The third-order valence-electron chi connectivity index (χ3n) is 4.23. The predicted molar refractivity (Wildman–Crippen MR) is 94.8 cm³/mol. The first-order valence-corrected chi connectivity index (χ1v) is 9.56. The maximum atomic E-state index is 10.7. The van der Waals surface area contributed by atoms with Crippen LogP contribution in [0.1, 0.15) is 6.42 Å². The number of halogens is 1. The summed E-state index contributed by atoms with van der Waals surface area (Å²) in [6.45, 7) is 2.13. The van der Waals surface area contributed by atoms with Gasteiger partial charge in [0, 0.05) is 25.3 Å². The van der Waals surface area contributed by atoms with Crippen LogP contribution in [-0.4, -0.2) is 44.6 Å². The van der Waals surface area contributed by atoms with Crippen LogP contribution in [0.2, 0.25) is 5.02 Å². The Hall–Kier alpha value is -1.61. The first-order chi connectivity index (χ1) is 12.1. The number of rotatable bonds is 7. The van der Waals surface area contributed by atoms with Crippen molar-refractivity contribution in [3.05, 3.63) is 41.7 Å². The molecule has 0 unspecified atom stereocenters. The molecule has 1 aromatic carbocycles. The van der Waals surface area contributed by atoms with E-state index in [1.165, 1.54) is 0 Å². The quantitative estimate of drug-likeness (QED) is 0.708. The van der Waals surface area contributed by atoms with Gasteiger partial charge < -0.3 is 9.47 Å². The molecule has 1 aliphatic rings. The van der Waals surface area contributed by atoms with Crippen molar-refractivity contribution in [2.45, 2.75) is 6.42 Å². The lowest BCUT2D eigenvalue weighted by atomic mass is 9.89. The Labute approximate surface area is 153 Å². The van der Waals surface area contributed by atoms with Gasteiger partial charge in [-0.05, 0) is 36.6 Å². The van der Waals surface area contributed by atoms with Gasteiger partial charge in [-0.3, -0.25) is 0 Å². The Morgan fingerprint density at radius 1 is 1.32 bits per heavy atom. The van der Waals surface area contributed by atoms with E-state index < -0.39 is 10.9 Å². The predicted octanol–water partition coefficient (Wildman–Crippen LogP) is 1.67. The molecule has 0 amide bonds. The highest BCUT2D eigenvalue weighted by Crippen LogP contribution is 2.23. The van der Waals surface area contributed by atoms with Crippen molar-refractivity contribution in [1.82, 2.24) is 14.5 Å². The van der Waals surface area contributed by atoms with Gasteiger partial charge in [0.25, 0.3) is 0 Å². The zero-order valence-corrected chi connectivity index (χ0v) is 15.2. The van der Waals surface area contributed by atoms with Crippen molar-refractivity contribution in [2.24, 2.45) is 11.8 Å². The number of hydrogen-bond acceptors (Lipinski definition) is 5. The molecule has 0 radical (unpaired) electrons. The lowest BCUT2D eigenvalue weighted by Gasteiger charge is -2.31. The van der Waals surface area contributed by atoms with E-state index in [2.05, 4.69) is 9.82 Å². The third kappa shape index (κ3) is 5.18. The summed E-state index contributed by atoms with van der Waals surface area (Å²) in [4.78, 5) is 0. The summed E-state index contributed by atoms with van der Waals surface area (Å²) in [5, 5.41) is 4.73. The van der Waals surface area contributed by atoms with E-state index in [0.29, 0.717) is 31.4 Å². The van der Waals surface area contributed by atoms with Gasteiger partial charge >= 0.3 is 0 Å². The molecule has 25 heavy (non-hydrogen) atoms. The molecule has 0 spiro atoms. The number of nitrogens with one attached hydrogen (secondary N) is 1. The van der Waals surface area contributed by atoms with E-state index in [1.807, 2.05) is 24.3 Å². The smallest absolute Gasteiger partial charge is 0.201 e. The molecule has 0 aliphatic carbocycles. The maximum Gasteiger partial charge on any atom is 0.201 e. The zero-order chi connectivity index (χ0) is 17.6. The summed E-state index contributed by atoms with van der Waals surface area (Å²) >= 11 is 5.87. The second-order valence-corrected chi connectivity index (χ2v) is 7.18. The second kappa shape index (κ2) is 8.66. The highest BCUT2D eigenvalue weighted by Gasteiger charge is 2.26. The van der Waals surface area contributed by atoms with Crippen LogP contribution in [0.3, 0.4) is 0 Å². The molecule has 2 atom stereocenters. The fraction of sp³-hybridized carbons (Fsp3) is 0.438. The van der Waals surface area contributed by atoms with Crippen LogP contribution < -0.4 is 9.46 Å². The number of hydrogen-bond donors (Lipinski definition) is 2. The van der Waals surface area contributed by atoms with Crippen molar-refractivity contribution >= 4 is 22.5 Å². The van der Waals surface area contributed by atoms with Gasteiger partial charge in [0.05, 0.1) is 30.1 Å². The summed E-state index contributed by atoms with van der Waals surface area (Å²) < 4.78 is 37.0. The van der Waals surface area contributed by atoms with Gasteiger partial charge in [-0.2, -0.15) is 5.10 Å². The van der Waals surface area contributed by atoms with E-state index >= 15 is 0 Å². The molecule has 2 aromatic rings. The molecule has 0 bridgehead atoms. The summed E-state index contributed by atoms with van der Waals surface area (Å²) in [5.41, 5.74) is 0.890. The number of nitrogens with zero attached hydrogens (tertiary/aromatic N) is 2. The van der Waals surface area contributed by atoms with Gasteiger partial charge in [0.15, 0.2) is 0 Å². The van der Waals surface area contributed by atoms with Crippen LogP contribution in [0, 0.1) is 11.8 Å². The fourth-order valence-corrected chi connectivity index (χ4v) is 3.35. The van der Waals surface area contributed by atoms with Crippen LogP contribution in [0.15, 0.2) is 36.7 Å². The SMILES string of the molecule is O=[SH](=O)NC[C@H]1CCOC[C@@H]1COc1ccc(-n2cc(Cl)cn2)cc1. The van der Waals surface area contributed by atoms with Gasteiger partial charge in [-0.1, -0.05) is 11.6 Å². The van der Waals surface area contributed by atoms with E-state index in [4.69, 9.17) is 21.1 Å². The molecular weight excluding hydrogens is 366 g/mol. The lowest BCUT2D eigenvalue weighted by Crippen LogP contribution is -2.37. The lowest BCUT2D eigenvalue weighted by molar-refractivity contribution is -0.000455. The molecule has 136 valence electrons. The topological polar surface area (TPSA) is 82.5 Å². The Morgan fingerprint density at radius 2 is 2.12 bits per heavy atom. The number of aromatic nitrogens is 2. The van der Waals surface area contributed by atoms with Crippen molar-refractivity contribution < 1.29 is 17.9 Å². The van der Waals surface area contributed by atoms with Gasteiger partial charge in [-0.15, -0.1) is 0 Å². The van der Waals surface area contributed by atoms with E-state index in [0.717, 1.165) is 17.9 Å². The molecule has 7 nitrogen and oxygen atoms in total. The maximum absolute atomic E-state index is 10.7. The van der Waals surface area contributed by atoms with Crippen LogP contribution in [0.5, 0.6) is 5.75 Å². The minimum atomic E-state index is -2.57. The van der Waals surface area contributed by atoms with Crippen LogP contribution in [0.4, 0.5) is 0 Å². The van der Waals surface area contributed by atoms with Gasteiger partial charge in [-0.25, -0.2) is 17.8 Å². The van der Waals surface area contributed by atoms with Crippen LogP contribution >= 0.6 is 11.6 Å². The molecular formula is C16H20ClN3O4S. The summed E-state index contributed by atoms with van der Waals surface area (Å²) in [7, 11) is -2.57. The first-order valence-electron chi connectivity index (χ1n) is 8.01. The van der Waals surface area contributed by atoms with Crippen molar-refractivity contribution in [3.8, 4) is 11.4 Å². The summed E-state index contributed by atoms with van der Waals surface area (Å²) in [6, 6.07) is 7.54. The first kappa shape index (κ1) is 18.2. The molecule has 9 heteroatoms. The molecule has 3 rings (SSSR count). The molecule has 1 fully saturated rings. The molecule has 1 aromatic heterocycles. The molecule has 2 heterocycles.